The normalized spacial score (nSPS) is 22.1. The van der Waals surface area contributed by atoms with E-state index in [9.17, 15) is 13.2 Å². The number of nitrogens with zero attached hydrogens (tertiary/aromatic N) is 1. The molecule has 1 unspecified atom stereocenters. The Bertz CT molecular complexity index is 400. The Morgan fingerprint density at radius 1 is 1.39 bits per heavy atom. The van der Waals surface area contributed by atoms with Crippen molar-refractivity contribution in [3.63, 3.8) is 0 Å². The fourth-order valence-electron chi connectivity index (χ4n) is 2.50. The van der Waals surface area contributed by atoms with Gasteiger partial charge < -0.3 is 4.90 Å². The van der Waals surface area contributed by atoms with Crippen molar-refractivity contribution in [3.8, 4) is 0 Å². The standard InChI is InChI=1S/C14H17F3N/c1-2-18-8-4-6-12(10-18)11-5-3-7-13(9-11)14(15,16)17/h5,7,9,12H,2,4,6,8,10H2,1H3. The summed E-state index contributed by atoms with van der Waals surface area (Å²) in [6.07, 6.45) is -2.26. The van der Waals surface area contributed by atoms with E-state index in [4.69, 9.17) is 0 Å². The van der Waals surface area contributed by atoms with Crippen LogP contribution in [0.1, 0.15) is 36.8 Å². The van der Waals surface area contributed by atoms with E-state index < -0.39 is 11.7 Å². The summed E-state index contributed by atoms with van der Waals surface area (Å²) < 4.78 is 37.9. The van der Waals surface area contributed by atoms with Gasteiger partial charge in [0.2, 0.25) is 0 Å². The van der Waals surface area contributed by atoms with Gasteiger partial charge in [0.05, 0.1) is 5.56 Å². The first kappa shape index (κ1) is 13.4. The van der Waals surface area contributed by atoms with Gasteiger partial charge in [0, 0.05) is 6.54 Å². The Morgan fingerprint density at radius 3 is 2.83 bits per heavy atom. The molecular weight excluding hydrogens is 239 g/mol. The van der Waals surface area contributed by atoms with Crippen molar-refractivity contribution < 1.29 is 13.2 Å². The van der Waals surface area contributed by atoms with E-state index in [0.29, 0.717) is 0 Å². The van der Waals surface area contributed by atoms with Crippen LogP contribution in [0, 0.1) is 6.07 Å². The minimum absolute atomic E-state index is 0.206. The molecule has 1 aromatic rings. The fraction of sp³-hybridized carbons (Fsp3) is 0.571. The van der Waals surface area contributed by atoms with Crippen molar-refractivity contribution in [1.82, 2.24) is 4.90 Å². The SMILES string of the molecule is CCN1CCCC(c2c[c]cc(C(F)(F)F)c2)C1. The molecule has 0 saturated carbocycles. The summed E-state index contributed by atoms with van der Waals surface area (Å²) >= 11 is 0. The first-order valence-corrected chi connectivity index (χ1v) is 6.31. The van der Waals surface area contributed by atoms with Crippen LogP contribution in [-0.4, -0.2) is 24.5 Å². The van der Waals surface area contributed by atoms with Gasteiger partial charge >= 0.3 is 6.18 Å². The summed E-state index contributed by atoms with van der Waals surface area (Å²) in [5.41, 5.74) is 0.177. The van der Waals surface area contributed by atoms with Crippen LogP contribution in [-0.2, 0) is 6.18 Å². The van der Waals surface area contributed by atoms with Gasteiger partial charge in [-0.1, -0.05) is 13.0 Å². The summed E-state index contributed by atoms with van der Waals surface area (Å²) in [5, 5.41) is 0. The topological polar surface area (TPSA) is 3.24 Å². The van der Waals surface area contributed by atoms with E-state index in [1.807, 2.05) is 0 Å². The highest BCUT2D eigenvalue weighted by atomic mass is 19.4. The molecule has 0 spiro atoms. The lowest BCUT2D eigenvalue weighted by Crippen LogP contribution is -2.34. The summed E-state index contributed by atoms with van der Waals surface area (Å²) in [5.74, 6) is 0.206. The second-order valence-corrected chi connectivity index (χ2v) is 4.79. The van der Waals surface area contributed by atoms with E-state index in [1.165, 1.54) is 6.07 Å². The molecule has 0 aromatic heterocycles. The number of rotatable bonds is 2. The minimum Gasteiger partial charge on any atom is -0.303 e. The number of halogens is 3. The molecule has 1 radical (unpaired) electrons. The Labute approximate surface area is 106 Å². The van der Waals surface area contributed by atoms with Crippen molar-refractivity contribution in [2.45, 2.75) is 31.9 Å². The zero-order valence-electron chi connectivity index (χ0n) is 10.4. The van der Waals surface area contributed by atoms with Gasteiger partial charge in [-0.3, -0.25) is 0 Å². The molecule has 1 atom stereocenters. The molecule has 0 N–H and O–H groups in total. The van der Waals surface area contributed by atoms with Crippen LogP contribution in [0.2, 0.25) is 0 Å². The summed E-state index contributed by atoms with van der Waals surface area (Å²) in [7, 11) is 0. The molecule has 0 aliphatic carbocycles. The molecule has 1 saturated heterocycles. The second-order valence-electron chi connectivity index (χ2n) is 4.79. The molecule has 99 valence electrons. The van der Waals surface area contributed by atoms with Gasteiger partial charge in [-0.15, -0.1) is 0 Å². The molecule has 2 rings (SSSR count). The largest absolute Gasteiger partial charge is 0.416 e. The van der Waals surface area contributed by atoms with Crippen LogP contribution in [0.25, 0.3) is 0 Å². The van der Waals surface area contributed by atoms with Gasteiger partial charge in [-0.25, -0.2) is 0 Å². The zero-order valence-corrected chi connectivity index (χ0v) is 10.4. The summed E-state index contributed by atoms with van der Waals surface area (Å²) in [6.45, 7) is 4.95. The first-order chi connectivity index (χ1) is 8.50. The Kier molecular flexibility index (Phi) is 3.95. The minimum atomic E-state index is -4.27. The van der Waals surface area contributed by atoms with Crippen LogP contribution in [0.15, 0.2) is 18.2 Å². The predicted octanol–water partition coefficient (Wildman–Crippen LogP) is 3.70. The molecule has 1 aliphatic rings. The third-order valence-electron chi connectivity index (χ3n) is 3.56. The molecule has 1 aromatic carbocycles. The lowest BCUT2D eigenvalue weighted by Gasteiger charge is -2.32. The third-order valence-corrected chi connectivity index (χ3v) is 3.56. The molecule has 0 amide bonds. The van der Waals surface area contributed by atoms with Crippen LogP contribution in [0.5, 0.6) is 0 Å². The van der Waals surface area contributed by atoms with Crippen LogP contribution >= 0.6 is 0 Å². The molecule has 0 bridgehead atoms. The van der Waals surface area contributed by atoms with Gasteiger partial charge in [0.15, 0.2) is 0 Å². The smallest absolute Gasteiger partial charge is 0.303 e. The van der Waals surface area contributed by atoms with Crippen LogP contribution < -0.4 is 0 Å². The van der Waals surface area contributed by atoms with Crippen molar-refractivity contribution in [2.24, 2.45) is 0 Å². The molecule has 1 aliphatic heterocycles. The van der Waals surface area contributed by atoms with E-state index in [2.05, 4.69) is 17.9 Å². The number of benzene rings is 1. The second kappa shape index (κ2) is 5.31. The third kappa shape index (κ3) is 3.05. The molecular formula is C14H17F3N. The van der Waals surface area contributed by atoms with E-state index in [0.717, 1.165) is 44.1 Å². The van der Waals surface area contributed by atoms with E-state index in [-0.39, 0.29) is 5.92 Å². The highest BCUT2D eigenvalue weighted by Crippen LogP contribution is 2.33. The maximum absolute atomic E-state index is 12.6. The lowest BCUT2D eigenvalue weighted by atomic mass is 9.89. The van der Waals surface area contributed by atoms with Gasteiger partial charge in [0.25, 0.3) is 0 Å². The first-order valence-electron chi connectivity index (χ1n) is 6.31. The van der Waals surface area contributed by atoms with Gasteiger partial charge in [0.1, 0.15) is 0 Å². The van der Waals surface area contributed by atoms with Crippen molar-refractivity contribution in [1.29, 1.82) is 0 Å². The lowest BCUT2D eigenvalue weighted by molar-refractivity contribution is -0.137. The highest BCUT2D eigenvalue weighted by Gasteiger charge is 2.31. The quantitative estimate of drug-likeness (QED) is 0.779. The molecule has 18 heavy (non-hydrogen) atoms. The maximum atomic E-state index is 12.6. The van der Waals surface area contributed by atoms with Crippen molar-refractivity contribution >= 4 is 0 Å². The zero-order chi connectivity index (χ0) is 13.2. The molecule has 1 fully saturated rings. The van der Waals surface area contributed by atoms with E-state index >= 15 is 0 Å². The molecule has 1 heterocycles. The number of alkyl halides is 3. The number of piperidine rings is 1. The molecule has 4 heteroatoms. The fourth-order valence-corrected chi connectivity index (χ4v) is 2.50. The number of hydrogen-bond donors (Lipinski definition) is 0. The Hall–Kier alpha value is -1.03. The van der Waals surface area contributed by atoms with Crippen LogP contribution in [0.3, 0.4) is 0 Å². The van der Waals surface area contributed by atoms with Crippen molar-refractivity contribution in [2.75, 3.05) is 19.6 Å². The monoisotopic (exact) mass is 256 g/mol. The van der Waals surface area contributed by atoms with Gasteiger partial charge in [-0.2, -0.15) is 13.2 Å². The number of likely N-dealkylation sites (N-methyl/N-ethyl adjacent to an activating group) is 1. The highest BCUT2D eigenvalue weighted by molar-refractivity contribution is 5.28. The summed E-state index contributed by atoms with van der Waals surface area (Å²) in [4.78, 5) is 2.29. The Balaban J connectivity index is 2.18. The van der Waals surface area contributed by atoms with E-state index in [1.54, 1.807) is 6.07 Å². The maximum Gasteiger partial charge on any atom is 0.416 e. The predicted molar refractivity (Wildman–Crippen MR) is 64.4 cm³/mol. The van der Waals surface area contributed by atoms with Gasteiger partial charge in [-0.05, 0) is 55.6 Å². The average Bonchev–Trinajstić information content (AvgIpc) is 2.38. The van der Waals surface area contributed by atoms with Crippen molar-refractivity contribution in [3.05, 3.63) is 35.4 Å². The number of likely N-dealkylation sites (tertiary alicyclic amines) is 1. The van der Waals surface area contributed by atoms with Crippen LogP contribution in [0.4, 0.5) is 13.2 Å². The molecule has 1 nitrogen and oxygen atoms in total. The number of hydrogen-bond acceptors (Lipinski definition) is 1. The average molecular weight is 256 g/mol. The summed E-state index contributed by atoms with van der Waals surface area (Å²) in [6, 6.07) is 6.62. The Morgan fingerprint density at radius 2 is 2.17 bits per heavy atom.